The molecule has 22 heavy (non-hydrogen) atoms. The van der Waals surface area contributed by atoms with Crippen LogP contribution in [0.15, 0.2) is 15.1 Å². The van der Waals surface area contributed by atoms with Crippen molar-refractivity contribution in [3.05, 3.63) is 34.5 Å². The minimum atomic E-state index is -0.111. The Labute approximate surface area is 128 Å². The van der Waals surface area contributed by atoms with Crippen molar-refractivity contribution in [1.82, 2.24) is 15.2 Å². The van der Waals surface area contributed by atoms with E-state index >= 15 is 0 Å². The van der Waals surface area contributed by atoms with Crippen molar-refractivity contribution in [3.63, 3.8) is 0 Å². The van der Waals surface area contributed by atoms with E-state index in [2.05, 4.69) is 10.3 Å². The van der Waals surface area contributed by atoms with Crippen LogP contribution in [0.2, 0.25) is 0 Å². The fraction of sp³-hybridized carbons (Fsp3) is 0.533. The van der Waals surface area contributed by atoms with Crippen molar-refractivity contribution in [3.8, 4) is 0 Å². The lowest BCUT2D eigenvalue weighted by Crippen LogP contribution is -2.30. The summed E-state index contributed by atoms with van der Waals surface area (Å²) in [5.74, 6) is 1.30. The minimum absolute atomic E-state index is 0.0191. The van der Waals surface area contributed by atoms with Crippen molar-refractivity contribution in [2.75, 3.05) is 13.1 Å². The second-order valence-corrected chi connectivity index (χ2v) is 5.60. The molecule has 0 radical (unpaired) electrons. The molecule has 1 aliphatic heterocycles. The summed E-state index contributed by atoms with van der Waals surface area (Å²) >= 11 is 0. The Morgan fingerprint density at radius 1 is 1.36 bits per heavy atom. The highest BCUT2D eigenvalue weighted by molar-refractivity contribution is 5.92. The molecule has 1 aliphatic rings. The van der Waals surface area contributed by atoms with Crippen LogP contribution >= 0.6 is 0 Å². The summed E-state index contributed by atoms with van der Waals surface area (Å²) in [6.45, 7) is 7.22. The molecule has 118 valence electrons. The summed E-state index contributed by atoms with van der Waals surface area (Å²) in [7, 11) is 0. The Bertz CT molecular complexity index is 657. The number of carbonyl (C=O) groups excluding carboxylic acids is 1. The van der Waals surface area contributed by atoms with E-state index in [0.717, 1.165) is 23.4 Å². The lowest BCUT2D eigenvalue weighted by atomic mass is 10.2. The van der Waals surface area contributed by atoms with Crippen molar-refractivity contribution < 1.29 is 18.6 Å². The van der Waals surface area contributed by atoms with Gasteiger partial charge in [-0.1, -0.05) is 10.3 Å². The number of nitrogens with zero attached hydrogens (tertiary/aromatic N) is 3. The third-order valence-corrected chi connectivity index (χ3v) is 3.92. The number of aryl methyl sites for hydroxylation is 3. The Hall–Kier alpha value is -2.15. The molecule has 3 heterocycles. The van der Waals surface area contributed by atoms with Crippen molar-refractivity contribution in [2.24, 2.45) is 0 Å². The molecule has 7 heteroatoms. The SMILES string of the molecule is Cc1cc(C(=O)N2CCC(OCc3c(C)noc3C)C2)no1. The summed E-state index contributed by atoms with van der Waals surface area (Å²) in [4.78, 5) is 14.0. The van der Waals surface area contributed by atoms with Crippen molar-refractivity contribution >= 4 is 5.91 Å². The third kappa shape index (κ3) is 2.89. The predicted octanol–water partition coefficient (Wildman–Crippen LogP) is 2.02. The number of amides is 1. The first-order chi connectivity index (χ1) is 10.5. The third-order valence-electron chi connectivity index (χ3n) is 3.92. The molecule has 0 aromatic carbocycles. The van der Waals surface area contributed by atoms with Gasteiger partial charge in [-0.05, 0) is 27.2 Å². The van der Waals surface area contributed by atoms with Gasteiger partial charge in [0.1, 0.15) is 11.5 Å². The average molecular weight is 305 g/mol. The Morgan fingerprint density at radius 2 is 2.18 bits per heavy atom. The van der Waals surface area contributed by atoms with Gasteiger partial charge in [0.25, 0.3) is 5.91 Å². The molecule has 2 aromatic rings. The van der Waals surface area contributed by atoms with Crippen LogP contribution in [0.4, 0.5) is 0 Å². The fourth-order valence-electron chi connectivity index (χ4n) is 2.59. The number of carbonyl (C=O) groups is 1. The zero-order valence-corrected chi connectivity index (χ0v) is 13.0. The smallest absolute Gasteiger partial charge is 0.276 e. The van der Waals surface area contributed by atoms with Crippen LogP contribution in [-0.4, -0.2) is 40.3 Å². The monoisotopic (exact) mass is 305 g/mol. The number of aromatic nitrogens is 2. The van der Waals surface area contributed by atoms with Crippen LogP contribution in [-0.2, 0) is 11.3 Å². The summed E-state index contributed by atoms with van der Waals surface area (Å²) in [5.41, 5.74) is 2.18. The normalized spacial score (nSPS) is 18.1. The summed E-state index contributed by atoms with van der Waals surface area (Å²) < 4.78 is 16.0. The van der Waals surface area contributed by atoms with E-state index < -0.39 is 0 Å². The average Bonchev–Trinajstić information content (AvgIpc) is 3.19. The minimum Gasteiger partial charge on any atom is -0.371 e. The molecule has 1 amide bonds. The van der Waals surface area contributed by atoms with E-state index in [1.807, 2.05) is 13.8 Å². The van der Waals surface area contributed by atoms with Crippen molar-refractivity contribution in [1.29, 1.82) is 0 Å². The predicted molar refractivity (Wildman–Crippen MR) is 76.3 cm³/mol. The Morgan fingerprint density at radius 3 is 2.82 bits per heavy atom. The largest absolute Gasteiger partial charge is 0.371 e. The number of hydrogen-bond donors (Lipinski definition) is 0. The second kappa shape index (κ2) is 5.92. The van der Waals surface area contributed by atoms with Gasteiger partial charge >= 0.3 is 0 Å². The van der Waals surface area contributed by atoms with Crippen LogP contribution in [0, 0.1) is 20.8 Å². The molecule has 1 unspecified atom stereocenters. The summed E-state index contributed by atoms with van der Waals surface area (Å²) in [6, 6.07) is 1.65. The fourth-order valence-corrected chi connectivity index (χ4v) is 2.59. The van der Waals surface area contributed by atoms with Crippen LogP contribution < -0.4 is 0 Å². The Balaban J connectivity index is 1.55. The first kappa shape index (κ1) is 14.8. The molecule has 0 bridgehead atoms. The molecular formula is C15H19N3O4. The maximum atomic E-state index is 12.3. The maximum Gasteiger partial charge on any atom is 0.276 e. The first-order valence-corrected chi connectivity index (χ1v) is 7.30. The lowest BCUT2D eigenvalue weighted by molar-refractivity contribution is 0.0428. The van der Waals surface area contributed by atoms with E-state index in [-0.39, 0.29) is 12.0 Å². The molecular weight excluding hydrogens is 286 g/mol. The van der Waals surface area contributed by atoms with E-state index in [1.54, 1.807) is 17.9 Å². The molecule has 1 saturated heterocycles. The van der Waals surface area contributed by atoms with E-state index in [4.69, 9.17) is 13.8 Å². The van der Waals surface area contributed by atoms with Gasteiger partial charge in [-0.2, -0.15) is 0 Å². The zero-order chi connectivity index (χ0) is 15.7. The highest BCUT2D eigenvalue weighted by atomic mass is 16.5. The quantitative estimate of drug-likeness (QED) is 0.859. The van der Waals surface area contributed by atoms with Gasteiger partial charge in [-0.3, -0.25) is 4.79 Å². The molecule has 7 nitrogen and oxygen atoms in total. The van der Waals surface area contributed by atoms with E-state index in [1.165, 1.54) is 0 Å². The van der Waals surface area contributed by atoms with Gasteiger partial charge in [0.2, 0.25) is 0 Å². The first-order valence-electron chi connectivity index (χ1n) is 7.30. The number of hydrogen-bond acceptors (Lipinski definition) is 6. The highest BCUT2D eigenvalue weighted by Gasteiger charge is 2.29. The van der Waals surface area contributed by atoms with Gasteiger partial charge in [0, 0.05) is 24.7 Å². The maximum absolute atomic E-state index is 12.3. The standard InChI is InChI=1S/C15H19N3O4/c1-9-6-14(17-21-9)15(19)18-5-4-12(7-18)20-8-13-10(2)16-22-11(13)3/h6,12H,4-5,7-8H2,1-3H3. The van der Waals surface area contributed by atoms with Gasteiger partial charge < -0.3 is 18.7 Å². The van der Waals surface area contributed by atoms with Crippen molar-refractivity contribution in [2.45, 2.75) is 39.9 Å². The van der Waals surface area contributed by atoms with Crippen LogP contribution in [0.1, 0.15) is 39.7 Å². The van der Waals surface area contributed by atoms with E-state index in [0.29, 0.717) is 31.2 Å². The molecule has 0 saturated carbocycles. The lowest BCUT2D eigenvalue weighted by Gasteiger charge is -2.15. The van der Waals surface area contributed by atoms with Crippen LogP contribution in [0.25, 0.3) is 0 Å². The van der Waals surface area contributed by atoms with Gasteiger partial charge in [0.15, 0.2) is 5.69 Å². The molecule has 0 spiro atoms. The van der Waals surface area contributed by atoms with Gasteiger partial charge in [-0.15, -0.1) is 0 Å². The molecule has 1 fully saturated rings. The second-order valence-electron chi connectivity index (χ2n) is 5.60. The van der Waals surface area contributed by atoms with Crippen LogP contribution in [0.3, 0.4) is 0 Å². The summed E-state index contributed by atoms with van der Waals surface area (Å²) in [6.07, 6.45) is 0.831. The van der Waals surface area contributed by atoms with E-state index in [9.17, 15) is 4.79 Å². The number of likely N-dealkylation sites (tertiary alicyclic amines) is 1. The highest BCUT2D eigenvalue weighted by Crippen LogP contribution is 2.19. The molecule has 2 aromatic heterocycles. The molecule has 0 N–H and O–H groups in total. The molecule has 1 atom stereocenters. The molecule has 0 aliphatic carbocycles. The molecule has 3 rings (SSSR count). The Kier molecular flexibility index (Phi) is 3.98. The zero-order valence-electron chi connectivity index (χ0n) is 13.0. The van der Waals surface area contributed by atoms with Gasteiger partial charge in [-0.25, -0.2) is 0 Å². The van der Waals surface area contributed by atoms with Crippen LogP contribution in [0.5, 0.6) is 0 Å². The summed E-state index contributed by atoms with van der Waals surface area (Å²) in [5, 5.41) is 7.68. The number of rotatable bonds is 4. The topological polar surface area (TPSA) is 81.6 Å². The number of ether oxygens (including phenoxy) is 1. The van der Waals surface area contributed by atoms with Gasteiger partial charge in [0.05, 0.1) is 18.4 Å².